The van der Waals surface area contributed by atoms with Crippen LogP contribution in [0.3, 0.4) is 0 Å². The van der Waals surface area contributed by atoms with Gasteiger partial charge in [-0.2, -0.15) is 5.26 Å². The number of para-hydroxylation sites is 1. The molecule has 5 heteroatoms. The molecule has 1 aromatic carbocycles. The van der Waals surface area contributed by atoms with Gasteiger partial charge >= 0.3 is 0 Å². The Morgan fingerprint density at radius 3 is 3.00 bits per heavy atom. The standard InChI is InChI=1S/C16H22N2O3/c1-13-10-18(11-15(12-19)21-13)7-4-8-20-16-6-3-2-5-14(16)9-17/h2-3,5-6,13,15,19H,4,7-8,10-12H2,1H3. The molecule has 2 atom stereocenters. The molecule has 1 N–H and O–H groups in total. The number of ether oxygens (including phenoxy) is 2. The van der Waals surface area contributed by atoms with E-state index < -0.39 is 0 Å². The molecule has 0 bridgehead atoms. The molecule has 1 fully saturated rings. The number of hydrogen-bond acceptors (Lipinski definition) is 5. The molecule has 1 aromatic rings. The predicted molar refractivity (Wildman–Crippen MR) is 79.1 cm³/mol. The van der Waals surface area contributed by atoms with Crippen LogP contribution in [0, 0.1) is 11.3 Å². The quantitative estimate of drug-likeness (QED) is 0.802. The lowest BCUT2D eigenvalue weighted by Gasteiger charge is -2.36. The highest BCUT2D eigenvalue weighted by atomic mass is 16.5. The van der Waals surface area contributed by atoms with E-state index in [-0.39, 0.29) is 18.8 Å². The van der Waals surface area contributed by atoms with Crippen molar-refractivity contribution in [3.05, 3.63) is 29.8 Å². The van der Waals surface area contributed by atoms with Crippen molar-refractivity contribution in [3.63, 3.8) is 0 Å². The summed E-state index contributed by atoms with van der Waals surface area (Å²) in [6.07, 6.45) is 0.940. The van der Waals surface area contributed by atoms with E-state index in [0.717, 1.165) is 26.1 Å². The van der Waals surface area contributed by atoms with Gasteiger partial charge in [-0.1, -0.05) is 12.1 Å². The number of aliphatic hydroxyl groups excluding tert-OH is 1. The monoisotopic (exact) mass is 290 g/mol. The number of benzene rings is 1. The molecule has 2 unspecified atom stereocenters. The maximum atomic E-state index is 9.20. The second-order valence-electron chi connectivity index (χ2n) is 5.32. The van der Waals surface area contributed by atoms with Gasteiger partial charge in [-0.15, -0.1) is 0 Å². The van der Waals surface area contributed by atoms with Gasteiger partial charge in [-0.25, -0.2) is 0 Å². The topological polar surface area (TPSA) is 65.7 Å². The summed E-state index contributed by atoms with van der Waals surface area (Å²) in [6, 6.07) is 9.39. The fourth-order valence-corrected chi connectivity index (χ4v) is 2.58. The maximum Gasteiger partial charge on any atom is 0.137 e. The Hall–Kier alpha value is -1.61. The third-order valence-electron chi connectivity index (χ3n) is 3.49. The Labute approximate surface area is 125 Å². The van der Waals surface area contributed by atoms with Crippen molar-refractivity contribution in [2.75, 3.05) is 32.8 Å². The van der Waals surface area contributed by atoms with E-state index in [4.69, 9.17) is 14.7 Å². The minimum Gasteiger partial charge on any atom is -0.492 e. The maximum absolute atomic E-state index is 9.20. The molecule has 1 aliphatic rings. The summed E-state index contributed by atoms with van der Waals surface area (Å²) in [5.41, 5.74) is 0.567. The van der Waals surface area contributed by atoms with Gasteiger partial charge in [0.2, 0.25) is 0 Å². The lowest BCUT2D eigenvalue weighted by Crippen LogP contribution is -2.48. The molecule has 2 rings (SSSR count). The largest absolute Gasteiger partial charge is 0.492 e. The zero-order chi connectivity index (χ0) is 15.1. The van der Waals surface area contributed by atoms with E-state index in [1.165, 1.54) is 0 Å². The van der Waals surface area contributed by atoms with Crippen LogP contribution in [0.1, 0.15) is 18.9 Å². The average molecular weight is 290 g/mol. The molecule has 21 heavy (non-hydrogen) atoms. The van der Waals surface area contributed by atoms with Crippen LogP contribution in [-0.4, -0.2) is 55.1 Å². The van der Waals surface area contributed by atoms with Gasteiger partial charge in [-0.3, -0.25) is 4.90 Å². The van der Waals surface area contributed by atoms with Crippen molar-refractivity contribution in [2.24, 2.45) is 0 Å². The molecule has 1 aliphatic heterocycles. The van der Waals surface area contributed by atoms with Gasteiger partial charge in [0.15, 0.2) is 0 Å². The number of aliphatic hydroxyl groups is 1. The Morgan fingerprint density at radius 1 is 1.43 bits per heavy atom. The molecule has 1 saturated heterocycles. The zero-order valence-electron chi connectivity index (χ0n) is 12.4. The molecule has 1 heterocycles. The van der Waals surface area contributed by atoms with Gasteiger partial charge in [0, 0.05) is 19.6 Å². The van der Waals surface area contributed by atoms with Crippen molar-refractivity contribution in [1.29, 1.82) is 5.26 Å². The molecular formula is C16H22N2O3. The van der Waals surface area contributed by atoms with Crippen LogP contribution in [0.5, 0.6) is 5.75 Å². The molecule has 0 radical (unpaired) electrons. The number of rotatable bonds is 6. The molecule has 114 valence electrons. The van der Waals surface area contributed by atoms with Crippen LogP contribution >= 0.6 is 0 Å². The number of hydrogen-bond donors (Lipinski definition) is 1. The number of nitrogens with zero attached hydrogens (tertiary/aromatic N) is 2. The van der Waals surface area contributed by atoms with Crippen molar-refractivity contribution in [3.8, 4) is 11.8 Å². The summed E-state index contributed by atoms with van der Waals surface area (Å²) in [5.74, 6) is 0.642. The second kappa shape index (κ2) is 7.99. The first-order valence-electron chi connectivity index (χ1n) is 7.33. The number of morpholine rings is 1. The van der Waals surface area contributed by atoms with Crippen LogP contribution in [0.4, 0.5) is 0 Å². The summed E-state index contributed by atoms with van der Waals surface area (Å²) in [6.45, 7) is 5.20. The van der Waals surface area contributed by atoms with Gasteiger partial charge in [0.1, 0.15) is 11.8 Å². The summed E-state index contributed by atoms with van der Waals surface area (Å²) < 4.78 is 11.3. The van der Waals surface area contributed by atoms with E-state index in [1.807, 2.05) is 25.1 Å². The number of nitriles is 1. The Bertz CT molecular complexity index is 487. The lowest BCUT2D eigenvalue weighted by molar-refractivity contribution is -0.0955. The summed E-state index contributed by atoms with van der Waals surface area (Å²) in [4.78, 5) is 2.29. The minimum absolute atomic E-state index is 0.0624. The van der Waals surface area contributed by atoms with Crippen LogP contribution in [-0.2, 0) is 4.74 Å². The highest BCUT2D eigenvalue weighted by Crippen LogP contribution is 2.17. The zero-order valence-corrected chi connectivity index (χ0v) is 12.4. The first-order chi connectivity index (χ1) is 10.2. The normalized spacial score (nSPS) is 22.7. The SMILES string of the molecule is CC1CN(CCCOc2ccccc2C#N)CC(CO)O1. The van der Waals surface area contributed by atoms with E-state index in [0.29, 0.717) is 17.9 Å². The second-order valence-corrected chi connectivity index (χ2v) is 5.32. The summed E-state index contributed by atoms with van der Waals surface area (Å²) in [5, 5.41) is 18.2. The first kappa shape index (κ1) is 15.8. The third kappa shape index (κ3) is 4.71. The summed E-state index contributed by atoms with van der Waals surface area (Å²) >= 11 is 0. The van der Waals surface area contributed by atoms with Crippen LogP contribution < -0.4 is 4.74 Å². The molecule has 5 nitrogen and oxygen atoms in total. The minimum atomic E-state index is -0.0889. The van der Waals surface area contributed by atoms with E-state index in [2.05, 4.69) is 11.0 Å². The summed E-state index contributed by atoms with van der Waals surface area (Å²) in [7, 11) is 0. The van der Waals surface area contributed by atoms with Crippen molar-refractivity contribution >= 4 is 0 Å². The molecule has 0 aromatic heterocycles. The van der Waals surface area contributed by atoms with Gasteiger partial charge < -0.3 is 14.6 Å². The molecular weight excluding hydrogens is 268 g/mol. The Balaban J connectivity index is 1.73. The van der Waals surface area contributed by atoms with E-state index in [9.17, 15) is 5.11 Å². The fraction of sp³-hybridized carbons (Fsp3) is 0.562. The van der Waals surface area contributed by atoms with E-state index in [1.54, 1.807) is 6.07 Å². The smallest absolute Gasteiger partial charge is 0.137 e. The highest BCUT2D eigenvalue weighted by molar-refractivity contribution is 5.42. The molecule has 0 amide bonds. The first-order valence-corrected chi connectivity index (χ1v) is 7.33. The van der Waals surface area contributed by atoms with Crippen molar-refractivity contribution in [1.82, 2.24) is 4.90 Å². The lowest BCUT2D eigenvalue weighted by atomic mass is 10.2. The Morgan fingerprint density at radius 2 is 2.24 bits per heavy atom. The van der Waals surface area contributed by atoms with Gasteiger partial charge in [0.05, 0.1) is 31.0 Å². The molecule has 0 saturated carbocycles. The van der Waals surface area contributed by atoms with Crippen LogP contribution in [0.15, 0.2) is 24.3 Å². The van der Waals surface area contributed by atoms with Crippen molar-refractivity contribution in [2.45, 2.75) is 25.6 Å². The third-order valence-corrected chi connectivity index (χ3v) is 3.49. The van der Waals surface area contributed by atoms with Crippen LogP contribution in [0.25, 0.3) is 0 Å². The Kier molecular flexibility index (Phi) is 6.00. The fourth-order valence-electron chi connectivity index (χ4n) is 2.58. The van der Waals surface area contributed by atoms with Crippen LogP contribution in [0.2, 0.25) is 0 Å². The van der Waals surface area contributed by atoms with Gasteiger partial charge in [-0.05, 0) is 25.5 Å². The molecule has 0 aliphatic carbocycles. The van der Waals surface area contributed by atoms with Crippen molar-refractivity contribution < 1.29 is 14.6 Å². The van der Waals surface area contributed by atoms with E-state index >= 15 is 0 Å². The highest BCUT2D eigenvalue weighted by Gasteiger charge is 2.24. The predicted octanol–water partition coefficient (Wildman–Crippen LogP) is 1.41. The average Bonchev–Trinajstić information content (AvgIpc) is 2.51. The molecule has 0 spiro atoms. The van der Waals surface area contributed by atoms with Gasteiger partial charge in [0.25, 0.3) is 0 Å².